The minimum Gasteiger partial charge on any atom is -0.507 e. The van der Waals surface area contributed by atoms with Gasteiger partial charge in [-0.3, -0.25) is 4.79 Å². The van der Waals surface area contributed by atoms with E-state index in [0.29, 0.717) is 27.5 Å². The number of nitrogens with zero attached hydrogens (tertiary/aromatic N) is 3. The number of amides is 1. The van der Waals surface area contributed by atoms with Crippen molar-refractivity contribution >= 4 is 51.0 Å². The van der Waals surface area contributed by atoms with Gasteiger partial charge in [0.1, 0.15) is 5.75 Å². The van der Waals surface area contributed by atoms with Crippen molar-refractivity contribution in [3.63, 3.8) is 0 Å². The summed E-state index contributed by atoms with van der Waals surface area (Å²) in [4.78, 5) is 12.2. The first kappa shape index (κ1) is 20.7. The molecule has 0 bridgehead atoms. The Morgan fingerprint density at radius 1 is 1.07 bits per heavy atom. The number of aryl methyl sites for hydroxylation is 1. The van der Waals surface area contributed by atoms with Crippen LogP contribution in [-0.4, -0.2) is 17.2 Å². The largest absolute Gasteiger partial charge is 0.507 e. The highest BCUT2D eigenvalue weighted by atomic mass is 79.9. The summed E-state index contributed by atoms with van der Waals surface area (Å²) in [5.74, 6) is -0.450. The molecule has 0 radical (unpaired) electrons. The van der Waals surface area contributed by atoms with E-state index < -0.39 is 5.91 Å². The van der Waals surface area contributed by atoms with Gasteiger partial charge in [0.25, 0.3) is 5.91 Å². The van der Waals surface area contributed by atoms with E-state index >= 15 is 0 Å². The van der Waals surface area contributed by atoms with Crippen LogP contribution in [0.3, 0.4) is 0 Å². The quantitative estimate of drug-likeness (QED) is 0.260. The Labute approximate surface area is 181 Å². The van der Waals surface area contributed by atoms with Crippen molar-refractivity contribution in [2.75, 3.05) is 0 Å². The number of halogens is 2. The average Bonchev–Trinajstić information content (AvgIpc) is 2.68. The predicted molar refractivity (Wildman–Crippen MR) is 118 cm³/mol. The van der Waals surface area contributed by atoms with E-state index in [1.54, 1.807) is 30.3 Å². The maximum Gasteiger partial charge on any atom is 0.272 e. The lowest BCUT2D eigenvalue weighted by molar-refractivity contribution is 0.0955. The number of phenolic OH excluding ortho intramolecular Hbond substituents is 1. The van der Waals surface area contributed by atoms with Crippen molar-refractivity contribution in [1.82, 2.24) is 5.43 Å². The van der Waals surface area contributed by atoms with Gasteiger partial charge in [0, 0.05) is 10.0 Å². The van der Waals surface area contributed by atoms with Gasteiger partial charge in [-0.15, -0.1) is 0 Å². The second-order valence-corrected chi connectivity index (χ2v) is 7.43. The van der Waals surface area contributed by atoms with Gasteiger partial charge < -0.3 is 5.11 Å². The number of hydrogen-bond acceptors (Lipinski definition) is 5. The van der Waals surface area contributed by atoms with E-state index in [2.05, 4.69) is 36.7 Å². The van der Waals surface area contributed by atoms with Crippen LogP contribution in [0.25, 0.3) is 0 Å². The molecule has 1 amide bonds. The van der Waals surface area contributed by atoms with Gasteiger partial charge in [-0.25, -0.2) is 5.43 Å². The molecule has 3 aromatic carbocycles. The minimum atomic E-state index is -0.448. The molecule has 146 valence electrons. The third kappa shape index (κ3) is 5.73. The van der Waals surface area contributed by atoms with Gasteiger partial charge in [-0.1, -0.05) is 39.7 Å². The molecule has 3 aromatic rings. The van der Waals surface area contributed by atoms with Gasteiger partial charge in [-0.05, 0) is 61.0 Å². The molecule has 3 rings (SSSR count). The molecule has 0 aliphatic rings. The molecule has 0 atom stereocenters. The van der Waals surface area contributed by atoms with Crippen molar-refractivity contribution < 1.29 is 9.90 Å². The Morgan fingerprint density at radius 2 is 1.83 bits per heavy atom. The lowest BCUT2D eigenvalue weighted by Gasteiger charge is -2.04. The molecule has 0 saturated carbocycles. The average molecular weight is 472 g/mol. The summed E-state index contributed by atoms with van der Waals surface area (Å²) in [6.45, 7) is 1.88. The fourth-order valence-corrected chi connectivity index (χ4v) is 3.09. The maximum atomic E-state index is 12.2. The molecule has 0 saturated heterocycles. The highest BCUT2D eigenvalue weighted by Gasteiger charge is 2.09. The van der Waals surface area contributed by atoms with Crippen LogP contribution in [0.2, 0.25) is 5.02 Å². The molecule has 2 N–H and O–H groups in total. The number of carbonyl (C=O) groups is 1. The number of nitrogens with one attached hydrogen (secondary N) is 1. The lowest BCUT2D eigenvalue weighted by atomic mass is 10.1. The van der Waals surface area contributed by atoms with Crippen LogP contribution in [0.1, 0.15) is 21.5 Å². The summed E-state index contributed by atoms with van der Waals surface area (Å²) in [7, 11) is 0. The van der Waals surface area contributed by atoms with Crippen molar-refractivity contribution in [2.24, 2.45) is 15.3 Å². The summed E-state index contributed by atoms with van der Waals surface area (Å²) in [6.07, 6.45) is 1.33. The SMILES string of the molecule is Cc1ccc(C(=O)N/N=C/c2cc(N=Nc3cccc(Br)c3)ccc2O)c(Cl)c1. The summed E-state index contributed by atoms with van der Waals surface area (Å²) >= 11 is 9.46. The Balaban J connectivity index is 1.72. The molecule has 0 spiro atoms. The number of rotatable bonds is 5. The molecule has 0 aliphatic heterocycles. The minimum absolute atomic E-state index is 0.00206. The van der Waals surface area contributed by atoms with E-state index in [1.165, 1.54) is 12.3 Å². The van der Waals surface area contributed by atoms with Gasteiger partial charge in [-0.2, -0.15) is 15.3 Å². The zero-order valence-electron chi connectivity index (χ0n) is 15.3. The fourth-order valence-electron chi connectivity index (χ4n) is 2.39. The Morgan fingerprint density at radius 3 is 2.55 bits per heavy atom. The molecular weight excluding hydrogens is 456 g/mol. The highest BCUT2D eigenvalue weighted by molar-refractivity contribution is 9.10. The van der Waals surface area contributed by atoms with E-state index in [1.807, 2.05) is 31.2 Å². The normalized spacial score (nSPS) is 11.3. The van der Waals surface area contributed by atoms with E-state index in [4.69, 9.17) is 11.6 Å². The van der Waals surface area contributed by atoms with Crippen molar-refractivity contribution in [3.05, 3.63) is 86.8 Å². The standard InChI is InChI=1S/C21H16BrClN4O2/c1-13-5-7-18(19(23)9-13)21(29)27-24-12-14-10-17(6-8-20(14)28)26-25-16-4-2-3-15(22)11-16/h2-12,28H,1H3,(H,27,29)/b24-12+,26-25?. The molecule has 29 heavy (non-hydrogen) atoms. The number of aromatic hydroxyl groups is 1. The monoisotopic (exact) mass is 470 g/mol. The molecule has 0 heterocycles. The Hall–Kier alpha value is -3.03. The summed E-state index contributed by atoms with van der Waals surface area (Å²) in [5.41, 5.74) is 5.25. The van der Waals surface area contributed by atoms with Crippen LogP contribution in [-0.2, 0) is 0 Å². The second kappa shape index (κ2) is 9.45. The highest BCUT2D eigenvalue weighted by Crippen LogP contribution is 2.25. The third-order valence-corrected chi connectivity index (χ3v) is 4.65. The molecule has 0 aliphatic carbocycles. The van der Waals surface area contributed by atoms with Gasteiger partial charge >= 0.3 is 0 Å². The first-order valence-corrected chi connectivity index (χ1v) is 9.69. The van der Waals surface area contributed by atoms with Gasteiger partial charge in [0.15, 0.2) is 0 Å². The molecular formula is C21H16BrClN4O2. The summed E-state index contributed by atoms with van der Waals surface area (Å²) in [5, 5.41) is 22.6. The van der Waals surface area contributed by atoms with Crippen molar-refractivity contribution in [3.8, 4) is 5.75 Å². The Bertz CT molecular complexity index is 1120. The van der Waals surface area contributed by atoms with Crippen LogP contribution in [0.4, 0.5) is 11.4 Å². The molecule has 0 aromatic heterocycles. The van der Waals surface area contributed by atoms with E-state index in [0.717, 1.165) is 10.0 Å². The fraction of sp³-hybridized carbons (Fsp3) is 0.0476. The van der Waals surface area contributed by atoms with Gasteiger partial charge in [0.2, 0.25) is 0 Å². The number of azo groups is 1. The van der Waals surface area contributed by atoms with Gasteiger partial charge in [0.05, 0.1) is 28.2 Å². The maximum absolute atomic E-state index is 12.2. The van der Waals surface area contributed by atoms with Crippen molar-refractivity contribution in [1.29, 1.82) is 0 Å². The smallest absolute Gasteiger partial charge is 0.272 e. The van der Waals surface area contributed by atoms with Crippen molar-refractivity contribution in [2.45, 2.75) is 6.92 Å². The molecule has 6 nitrogen and oxygen atoms in total. The first-order valence-electron chi connectivity index (χ1n) is 8.52. The van der Waals surface area contributed by atoms with Crippen LogP contribution >= 0.6 is 27.5 Å². The van der Waals surface area contributed by atoms with E-state index in [-0.39, 0.29) is 5.75 Å². The Kier molecular flexibility index (Phi) is 6.74. The topological polar surface area (TPSA) is 86.4 Å². The van der Waals surface area contributed by atoms with E-state index in [9.17, 15) is 9.90 Å². The number of hydrogen-bond donors (Lipinski definition) is 2. The van der Waals surface area contributed by atoms with Crippen LogP contribution in [0.5, 0.6) is 5.75 Å². The zero-order chi connectivity index (χ0) is 20.8. The second-order valence-electron chi connectivity index (χ2n) is 6.11. The van der Waals surface area contributed by atoms with Crippen LogP contribution in [0, 0.1) is 6.92 Å². The molecule has 0 unspecified atom stereocenters. The van der Waals surface area contributed by atoms with Crippen LogP contribution < -0.4 is 5.43 Å². The molecule has 8 heteroatoms. The lowest BCUT2D eigenvalue weighted by Crippen LogP contribution is -2.18. The number of phenols is 1. The number of benzene rings is 3. The summed E-state index contributed by atoms with van der Waals surface area (Å²) < 4.78 is 0.900. The zero-order valence-corrected chi connectivity index (χ0v) is 17.6. The third-order valence-electron chi connectivity index (χ3n) is 3.84. The predicted octanol–water partition coefficient (Wildman–Crippen LogP) is 6.30. The van der Waals surface area contributed by atoms with Crippen LogP contribution in [0.15, 0.2) is 80.5 Å². The number of hydrazone groups is 1. The molecule has 0 fully saturated rings. The summed E-state index contributed by atoms with van der Waals surface area (Å²) in [6, 6.07) is 17.2. The first-order chi connectivity index (χ1) is 13.9. The number of carbonyl (C=O) groups excluding carboxylic acids is 1.